The van der Waals surface area contributed by atoms with Crippen molar-refractivity contribution in [2.45, 2.75) is 19.4 Å². The van der Waals surface area contributed by atoms with E-state index in [4.69, 9.17) is 5.73 Å². The van der Waals surface area contributed by atoms with E-state index < -0.39 is 0 Å². The molecule has 0 saturated carbocycles. The van der Waals surface area contributed by atoms with Crippen molar-refractivity contribution in [3.05, 3.63) is 29.6 Å². The van der Waals surface area contributed by atoms with Gasteiger partial charge < -0.3 is 10.6 Å². The highest BCUT2D eigenvalue weighted by Crippen LogP contribution is 2.13. The van der Waals surface area contributed by atoms with Gasteiger partial charge in [-0.05, 0) is 25.5 Å². The molecule has 2 N–H and O–H groups in total. The highest BCUT2D eigenvalue weighted by Gasteiger charge is 2.25. The van der Waals surface area contributed by atoms with Crippen molar-refractivity contribution in [1.29, 1.82) is 0 Å². The molecule has 1 aromatic rings. The number of pyridine rings is 1. The number of amides is 1. The Morgan fingerprint density at radius 2 is 2.47 bits per heavy atom. The second-order valence-electron chi connectivity index (χ2n) is 3.94. The van der Waals surface area contributed by atoms with Crippen molar-refractivity contribution in [3.8, 4) is 0 Å². The van der Waals surface area contributed by atoms with E-state index in [0.29, 0.717) is 12.1 Å². The molecule has 2 heterocycles. The molecule has 4 heteroatoms. The minimum atomic E-state index is 0.0496. The molecule has 0 spiro atoms. The fraction of sp³-hybridized carbons (Fsp3) is 0.455. The van der Waals surface area contributed by atoms with Crippen molar-refractivity contribution >= 4 is 5.91 Å². The number of carbonyl (C=O) groups excluding carboxylic acids is 1. The molecule has 1 atom stereocenters. The first kappa shape index (κ1) is 10.1. The van der Waals surface area contributed by atoms with E-state index in [-0.39, 0.29) is 11.9 Å². The monoisotopic (exact) mass is 205 g/mol. The van der Waals surface area contributed by atoms with Crippen LogP contribution in [0.3, 0.4) is 0 Å². The van der Waals surface area contributed by atoms with Crippen molar-refractivity contribution in [2.75, 3.05) is 13.1 Å². The van der Waals surface area contributed by atoms with Crippen LogP contribution in [0.2, 0.25) is 0 Å². The number of hydrogen-bond acceptors (Lipinski definition) is 3. The zero-order valence-electron chi connectivity index (χ0n) is 8.81. The first-order chi connectivity index (χ1) is 7.18. The minimum absolute atomic E-state index is 0.0496. The predicted molar refractivity (Wildman–Crippen MR) is 57.5 cm³/mol. The van der Waals surface area contributed by atoms with Gasteiger partial charge in [-0.15, -0.1) is 0 Å². The first-order valence-corrected chi connectivity index (χ1v) is 5.15. The van der Waals surface area contributed by atoms with E-state index in [1.54, 1.807) is 17.2 Å². The lowest BCUT2D eigenvalue weighted by Crippen LogP contribution is -2.32. The second-order valence-corrected chi connectivity index (χ2v) is 3.94. The average molecular weight is 205 g/mol. The zero-order valence-corrected chi connectivity index (χ0v) is 8.81. The van der Waals surface area contributed by atoms with Gasteiger partial charge in [0.05, 0.1) is 5.56 Å². The summed E-state index contributed by atoms with van der Waals surface area (Å²) in [5, 5.41) is 0. The number of aryl methyl sites for hydroxylation is 1. The van der Waals surface area contributed by atoms with Crippen molar-refractivity contribution in [2.24, 2.45) is 5.73 Å². The second kappa shape index (κ2) is 3.98. The Kier molecular flexibility index (Phi) is 2.68. The highest BCUT2D eigenvalue weighted by molar-refractivity contribution is 5.95. The van der Waals surface area contributed by atoms with Crippen LogP contribution in [0.1, 0.15) is 22.5 Å². The summed E-state index contributed by atoms with van der Waals surface area (Å²) in [6.45, 7) is 3.27. The fourth-order valence-corrected chi connectivity index (χ4v) is 1.85. The number of likely N-dealkylation sites (tertiary alicyclic amines) is 1. The lowest BCUT2D eigenvalue weighted by atomic mass is 10.2. The summed E-state index contributed by atoms with van der Waals surface area (Å²) in [6.07, 6.45) is 2.59. The zero-order chi connectivity index (χ0) is 10.8. The Morgan fingerprint density at radius 3 is 3.07 bits per heavy atom. The van der Waals surface area contributed by atoms with Gasteiger partial charge in [0.15, 0.2) is 0 Å². The van der Waals surface area contributed by atoms with Crippen LogP contribution in [0.15, 0.2) is 18.3 Å². The fourth-order valence-electron chi connectivity index (χ4n) is 1.85. The van der Waals surface area contributed by atoms with Crippen LogP contribution < -0.4 is 5.73 Å². The summed E-state index contributed by atoms with van der Waals surface area (Å²) in [5.41, 5.74) is 7.24. The Labute approximate surface area is 89.1 Å². The molecule has 0 radical (unpaired) electrons. The maximum Gasteiger partial charge on any atom is 0.255 e. The number of aromatic nitrogens is 1. The standard InChI is InChI=1S/C11H15N3O/c1-8-10(3-2-5-13-8)11(15)14-6-4-9(12)7-14/h2-3,5,9H,4,6-7,12H2,1H3/t9-/m1/s1. The van der Waals surface area contributed by atoms with Crippen LogP contribution in [-0.2, 0) is 0 Å². The maximum absolute atomic E-state index is 12.0. The summed E-state index contributed by atoms with van der Waals surface area (Å²) < 4.78 is 0. The number of rotatable bonds is 1. The van der Waals surface area contributed by atoms with E-state index in [1.165, 1.54) is 0 Å². The molecule has 1 fully saturated rings. The van der Waals surface area contributed by atoms with Crippen LogP contribution in [0, 0.1) is 6.92 Å². The van der Waals surface area contributed by atoms with Crippen molar-refractivity contribution in [1.82, 2.24) is 9.88 Å². The van der Waals surface area contributed by atoms with Gasteiger partial charge in [-0.3, -0.25) is 9.78 Å². The van der Waals surface area contributed by atoms with Gasteiger partial charge in [0, 0.05) is 31.0 Å². The largest absolute Gasteiger partial charge is 0.337 e. The van der Waals surface area contributed by atoms with Crippen LogP contribution in [0.25, 0.3) is 0 Å². The molecular weight excluding hydrogens is 190 g/mol. The summed E-state index contributed by atoms with van der Waals surface area (Å²) in [5.74, 6) is 0.0496. The molecule has 0 aliphatic carbocycles. The molecule has 0 unspecified atom stereocenters. The van der Waals surface area contributed by atoms with Gasteiger partial charge in [-0.25, -0.2) is 0 Å². The quantitative estimate of drug-likeness (QED) is 0.729. The van der Waals surface area contributed by atoms with E-state index in [1.807, 2.05) is 13.0 Å². The van der Waals surface area contributed by atoms with Gasteiger partial charge in [-0.2, -0.15) is 0 Å². The Bertz CT molecular complexity index is 378. The molecule has 0 aromatic carbocycles. The number of hydrogen-bond donors (Lipinski definition) is 1. The van der Waals surface area contributed by atoms with E-state index in [9.17, 15) is 4.79 Å². The molecule has 15 heavy (non-hydrogen) atoms. The lowest BCUT2D eigenvalue weighted by Gasteiger charge is -2.16. The van der Waals surface area contributed by atoms with E-state index >= 15 is 0 Å². The molecule has 1 amide bonds. The minimum Gasteiger partial charge on any atom is -0.337 e. The molecular formula is C11H15N3O. The van der Waals surface area contributed by atoms with Crippen LogP contribution in [0.4, 0.5) is 0 Å². The van der Waals surface area contributed by atoms with Crippen molar-refractivity contribution in [3.63, 3.8) is 0 Å². The topological polar surface area (TPSA) is 59.2 Å². The molecule has 1 aromatic heterocycles. The van der Waals surface area contributed by atoms with Crippen LogP contribution in [-0.4, -0.2) is 34.9 Å². The van der Waals surface area contributed by atoms with Crippen LogP contribution >= 0.6 is 0 Å². The number of nitrogens with zero attached hydrogens (tertiary/aromatic N) is 2. The SMILES string of the molecule is Cc1ncccc1C(=O)N1CC[C@@H](N)C1. The van der Waals surface area contributed by atoms with Gasteiger partial charge >= 0.3 is 0 Å². The van der Waals surface area contributed by atoms with Gasteiger partial charge in [0.2, 0.25) is 0 Å². The third-order valence-corrected chi connectivity index (χ3v) is 2.75. The highest BCUT2D eigenvalue weighted by atomic mass is 16.2. The molecule has 0 bridgehead atoms. The molecule has 1 aliphatic rings. The van der Waals surface area contributed by atoms with Crippen molar-refractivity contribution < 1.29 is 4.79 Å². The molecule has 1 aliphatic heterocycles. The Hall–Kier alpha value is -1.42. The molecule has 4 nitrogen and oxygen atoms in total. The summed E-state index contributed by atoms with van der Waals surface area (Å²) in [6, 6.07) is 3.73. The molecule has 2 rings (SSSR count). The normalized spacial score (nSPS) is 20.7. The number of nitrogens with two attached hydrogens (primary N) is 1. The maximum atomic E-state index is 12.0. The lowest BCUT2D eigenvalue weighted by molar-refractivity contribution is 0.0789. The number of carbonyl (C=O) groups is 1. The third-order valence-electron chi connectivity index (χ3n) is 2.75. The van der Waals surface area contributed by atoms with Crippen LogP contribution in [0.5, 0.6) is 0 Å². The Morgan fingerprint density at radius 1 is 1.67 bits per heavy atom. The summed E-state index contributed by atoms with van der Waals surface area (Å²) in [4.78, 5) is 18.0. The summed E-state index contributed by atoms with van der Waals surface area (Å²) >= 11 is 0. The summed E-state index contributed by atoms with van der Waals surface area (Å²) in [7, 11) is 0. The first-order valence-electron chi connectivity index (χ1n) is 5.15. The molecule has 1 saturated heterocycles. The van der Waals surface area contributed by atoms with Gasteiger partial charge in [0.25, 0.3) is 5.91 Å². The van der Waals surface area contributed by atoms with E-state index in [0.717, 1.165) is 18.7 Å². The van der Waals surface area contributed by atoms with Gasteiger partial charge in [0.1, 0.15) is 0 Å². The molecule has 80 valence electrons. The smallest absolute Gasteiger partial charge is 0.255 e. The third kappa shape index (κ3) is 1.99. The predicted octanol–water partition coefficient (Wildman–Crippen LogP) is 0.563. The Balaban J connectivity index is 2.18. The van der Waals surface area contributed by atoms with E-state index in [2.05, 4.69) is 4.98 Å². The van der Waals surface area contributed by atoms with Gasteiger partial charge in [-0.1, -0.05) is 0 Å². The average Bonchev–Trinajstić information content (AvgIpc) is 2.65.